The van der Waals surface area contributed by atoms with Crippen molar-refractivity contribution in [3.63, 3.8) is 0 Å². The summed E-state index contributed by atoms with van der Waals surface area (Å²) in [6.07, 6.45) is 0.508. The van der Waals surface area contributed by atoms with Gasteiger partial charge in [-0.05, 0) is 56.9 Å². The van der Waals surface area contributed by atoms with Crippen molar-refractivity contribution in [2.24, 2.45) is 0 Å². The minimum absolute atomic E-state index is 0.242. The zero-order valence-electron chi connectivity index (χ0n) is 24.4. The molecule has 2 amide bonds. The molecule has 9 heteroatoms. The van der Waals surface area contributed by atoms with Crippen LogP contribution in [0.2, 0.25) is 0 Å². The topological polar surface area (TPSA) is 88.5 Å². The van der Waals surface area contributed by atoms with Crippen LogP contribution in [0.1, 0.15) is 62.3 Å². The molecule has 3 aromatic rings. The number of methoxy groups -OCH3 is 1. The molecule has 0 bridgehead atoms. The SMILES string of the molecule is COc1ccc2c(c1)N(C(=O)[C@@H]1CCCN1C(=O)OC(C)(C)C)[C@@H](c1ccc(OCc3ccccc3)cc1F)[C@H]2CO. The molecule has 3 atom stereocenters. The number of anilines is 1. The fourth-order valence-corrected chi connectivity index (χ4v) is 5.78. The number of halogens is 1. The number of aliphatic hydroxyl groups excluding tert-OH is 1. The van der Waals surface area contributed by atoms with Gasteiger partial charge in [0.25, 0.3) is 5.91 Å². The van der Waals surface area contributed by atoms with Crippen LogP contribution in [0.3, 0.4) is 0 Å². The Morgan fingerprint density at radius 1 is 1.00 bits per heavy atom. The van der Waals surface area contributed by atoms with Crippen molar-refractivity contribution in [1.82, 2.24) is 4.90 Å². The second-order valence-corrected chi connectivity index (χ2v) is 11.7. The lowest BCUT2D eigenvalue weighted by Gasteiger charge is -2.34. The van der Waals surface area contributed by atoms with Crippen LogP contribution in [0.15, 0.2) is 66.7 Å². The highest BCUT2D eigenvalue weighted by atomic mass is 19.1. The molecule has 0 aromatic heterocycles. The van der Waals surface area contributed by atoms with Gasteiger partial charge in [0.1, 0.15) is 35.6 Å². The van der Waals surface area contributed by atoms with E-state index in [1.807, 2.05) is 30.3 Å². The molecule has 0 spiro atoms. The van der Waals surface area contributed by atoms with Crippen LogP contribution in [0.25, 0.3) is 0 Å². The third kappa shape index (κ3) is 5.92. The van der Waals surface area contributed by atoms with Crippen molar-refractivity contribution < 1.29 is 33.3 Å². The zero-order chi connectivity index (χ0) is 30.0. The lowest BCUT2D eigenvalue weighted by Crippen LogP contribution is -2.49. The van der Waals surface area contributed by atoms with Crippen LogP contribution in [-0.2, 0) is 16.1 Å². The summed E-state index contributed by atoms with van der Waals surface area (Å²) >= 11 is 0. The van der Waals surface area contributed by atoms with E-state index in [0.29, 0.717) is 42.1 Å². The zero-order valence-corrected chi connectivity index (χ0v) is 24.4. The van der Waals surface area contributed by atoms with E-state index in [4.69, 9.17) is 14.2 Å². The molecule has 0 aliphatic carbocycles. The van der Waals surface area contributed by atoms with Crippen LogP contribution >= 0.6 is 0 Å². The van der Waals surface area contributed by atoms with Crippen molar-refractivity contribution in [1.29, 1.82) is 0 Å². The molecule has 2 aliphatic heterocycles. The highest BCUT2D eigenvalue weighted by Gasteiger charge is 2.48. The van der Waals surface area contributed by atoms with Crippen LogP contribution in [0, 0.1) is 5.82 Å². The van der Waals surface area contributed by atoms with Crippen molar-refractivity contribution in [3.8, 4) is 11.5 Å². The Bertz CT molecular complexity index is 1440. The molecule has 5 rings (SSSR count). The van der Waals surface area contributed by atoms with Gasteiger partial charge in [0.2, 0.25) is 0 Å². The second-order valence-electron chi connectivity index (χ2n) is 11.7. The Balaban J connectivity index is 1.50. The molecule has 2 heterocycles. The lowest BCUT2D eigenvalue weighted by atomic mass is 9.90. The Kier molecular flexibility index (Phi) is 8.41. The highest BCUT2D eigenvalue weighted by Crippen LogP contribution is 2.51. The summed E-state index contributed by atoms with van der Waals surface area (Å²) in [5, 5.41) is 10.6. The first-order valence-electron chi connectivity index (χ1n) is 14.2. The Morgan fingerprint density at radius 2 is 1.71 bits per heavy atom. The first kappa shape index (κ1) is 29.4. The lowest BCUT2D eigenvalue weighted by molar-refractivity contribution is -0.123. The molecule has 42 heavy (non-hydrogen) atoms. The van der Waals surface area contributed by atoms with E-state index in [2.05, 4.69) is 0 Å². The summed E-state index contributed by atoms with van der Waals surface area (Å²) in [7, 11) is 1.53. The van der Waals surface area contributed by atoms with E-state index in [1.54, 1.807) is 51.1 Å². The number of amides is 2. The number of hydrogen-bond donors (Lipinski definition) is 1. The van der Waals surface area contributed by atoms with E-state index in [9.17, 15) is 14.7 Å². The number of benzene rings is 3. The van der Waals surface area contributed by atoms with E-state index < -0.39 is 35.5 Å². The summed E-state index contributed by atoms with van der Waals surface area (Å²) in [6.45, 7) is 5.66. The van der Waals surface area contributed by atoms with Gasteiger partial charge in [-0.3, -0.25) is 9.69 Å². The average Bonchev–Trinajstić information content (AvgIpc) is 3.58. The fourth-order valence-electron chi connectivity index (χ4n) is 5.78. The standard InChI is InChI=1S/C33H37FN2O6/c1-33(2,3)42-32(39)35-16-8-11-28(35)31(38)36-29-18-22(40-4)12-14-24(29)26(19-37)30(36)25-15-13-23(17-27(25)34)41-20-21-9-6-5-7-10-21/h5-7,9-10,12-15,17-18,26,28,30,37H,8,11,16,19-20H2,1-4H3/t26-,28-,30-/m0/s1. The molecule has 2 aliphatic rings. The number of hydrogen-bond acceptors (Lipinski definition) is 6. The molecule has 0 saturated carbocycles. The molecule has 0 radical (unpaired) electrons. The third-order valence-electron chi connectivity index (χ3n) is 7.69. The van der Waals surface area contributed by atoms with Gasteiger partial charge in [-0.2, -0.15) is 0 Å². The molecule has 1 fully saturated rings. The van der Waals surface area contributed by atoms with Crippen molar-refractivity contribution in [2.45, 2.75) is 63.8 Å². The average molecular weight is 577 g/mol. The molecule has 3 aromatic carbocycles. The fraction of sp³-hybridized carbons (Fsp3) is 0.394. The maximum atomic E-state index is 15.9. The van der Waals surface area contributed by atoms with Gasteiger partial charge in [0.15, 0.2) is 0 Å². The van der Waals surface area contributed by atoms with E-state index in [0.717, 1.165) is 5.56 Å². The number of rotatable bonds is 7. The highest BCUT2D eigenvalue weighted by molar-refractivity contribution is 6.02. The van der Waals surface area contributed by atoms with Gasteiger partial charge in [0.05, 0.1) is 25.4 Å². The summed E-state index contributed by atoms with van der Waals surface area (Å²) < 4.78 is 32.8. The number of nitrogens with zero attached hydrogens (tertiary/aromatic N) is 2. The van der Waals surface area contributed by atoms with Crippen LogP contribution < -0.4 is 14.4 Å². The number of ether oxygens (including phenoxy) is 3. The van der Waals surface area contributed by atoms with Crippen molar-refractivity contribution >= 4 is 17.7 Å². The first-order valence-corrected chi connectivity index (χ1v) is 14.2. The molecular formula is C33H37FN2O6. The second kappa shape index (κ2) is 12.0. The van der Waals surface area contributed by atoms with Crippen LogP contribution in [0.4, 0.5) is 14.9 Å². The summed E-state index contributed by atoms with van der Waals surface area (Å²) in [5.41, 5.74) is 1.68. The molecular weight excluding hydrogens is 539 g/mol. The van der Waals surface area contributed by atoms with Gasteiger partial charge in [0, 0.05) is 30.2 Å². The van der Waals surface area contributed by atoms with Gasteiger partial charge >= 0.3 is 6.09 Å². The van der Waals surface area contributed by atoms with E-state index >= 15 is 4.39 Å². The van der Waals surface area contributed by atoms with E-state index in [-0.39, 0.29) is 24.7 Å². The van der Waals surface area contributed by atoms with Crippen LogP contribution in [0.5, 0.6) is 11.5 Å². The first-order chi connectivity index (χ1) is 20.1. The largest absolute Gasteiger partial charge is 0.497 e. The van der Waals surface area contributed by atoms with Gasteiger partial charge in [-0.15, -0.1) is 0 Å². The molecule has 1 saturated heterocycles. The number of carbonyl (C=O) groups excluding carboxylic acids is 2. The Hall–Kier alpha value is -4.11. The normalized spacial score (nSPS) is 19.9. The summed E-state index contributed by atoms with van der Waals surface area (Å²) in [4.78, 5) is 30.4. The maximum Gasteiger partial charge on any atom is 0.410 e. The molecule has 8 nitrogen and oxygen atoms in total. The van der Waals surface area contributed by atoms with Crippen molar-refractivity contribution in [3.05, 3.63) is 89.2 Å². The van der Waals surface area contributed by atoms with Crippen molar-refractivity contribution in [2.75, 3.05) is 25.2 Å². The smallest absolute Gasteiger partial charge is 0.410 e. The number of carbonyl (C=O) groups is 2. The monoisotopic (exact) mass is 576 g/mol. The number of aliphatic hydroxyl groups is 1. The Morgan fingerprint density at radius 3 is 2.38 bits per heavy atom. The summed E-state index contributed by atoms with van der Waals surface area (Å²) in [5.74, 6) is -0.654. The quantitative estimate of drug-likeness (QED) is 0.373. The summed E-state index contributed by atoms with van der Waals surface area (Å²) in [6, 6.07) is 17.8. The number of fused-ring (bicyclic) bond motifs is 1. The van der Waals surface area contributed by atoms with Gasteiger partial charge in [-0.1, -0.05) is 42.5 Å². The minimum atomic E-state index is -0.853. The predicted octanol–water partition coefficient (Wildman–Crippen LogP) is 5.98. The molecule has 1 N–H and O–H groups in total. The molecule has 0 unspecified atom stereocenters. The van der Waals surface area contributed by atoms with Crippen LogP contribution in [-0.4, -0.2) is 53.9 Å². The van der Waals surface area contributed by atoms with E-state index in [1.165, 1.54) is 23.0 Å². The van der Waals surface area contributed by atoms with Gasteiger partial charge < -0.3 is 24.2 Å². The number of likely N-dealkylation sites (tertiary alicyclic amines) is 1. The van der Waals surface area contributed by atoms with Gasteiger partial charge in [-0.25, -0.2) is 9.18 Å². The maximum absolute atomic E-state index is 15.9. The predicted molar refractivity (Wildman–Crippen MR) is 156 cm³/mol. The third-order valence-corrected chi connectivity index (χ3v) is 7.69. The Labute approximate surface area is 245 Å². The molecule has 222 valence electrons. The minimum Gasteiger partial charge on any atom is -0.497 e.